The number of sulfonamides is 1. The summed E-state index contributed by atoms with van der Waals surface area (Å²) in [6.45, 7) is 2.48. The molecule has 1 aromatic heterocycles. The van der Waals surface area contributed by atoms with Crippen LogP contribution in [0.3, 0.4) is 0 Å². The number of nitrogens with zero attached hydrogens (tertiary/aromatic N) is 3. The van der Waals surface area contributed by atoms with Crippen LogP contribution in [0.2, 0.25) is 0 Å². The van der Waals surface area contributed by atoms with Crippen molar-refractivity contribution in [2.24, 2.45) is 0 Å². The molecule has 1 aromatic carbocycles. The fourth-order valence-corrected chi connectivity index (χ4v) is 4.82. The quantitative estimate of drug-likeness (QED) is 0.544. The molecule has 140 valence electrons. The van der Waals surface area contributed by atoms with E-state index in [2.05, 4.69) is 4.98 Å². The third-order valence-electron chi connectivity index (χ3n) is 3.95. The van der Waals surface area contributed by atoms with Crippen molar-refractivity contribution in [2.75, 3.05) is 13.1 Å². The number of aromatic nitrogens is 1. The smallest absolute Gasteiger partial charge is 0.273 e. The topological polar surface area (TPSA) is 103 Å². The molecule has 1 saturated heterocycles. The first kappa shape index (κ1) is 18.8. The van der Waals surface area contributed by atoms with Gasteiger partial charge in [0.05, 0.1) is 39.3 Å². The summed E-state index contributed by atoms with van der Waals surface area (Å²) in [4.78, 5) is 13.9. The lowest BCUT2D eigenvalue weighted by atomic mass is 10.3. The van der Waals surface area contributed by atoms with Gasteiger partial charge in [0.1, 0.15) is 5.82 Å². The van der Waals surface area contributed by atoms with E-state index >= 15 is 0 Å². The van der Waals surface area contributed by atoms with Gasteiger partial charge in [-0.05, 0) is 19.4 Å². The SMILES string of the molecule is Cc1nc(CO[C@H]2CCN(S(=O)(=O)c3cc(F)cc([N+](=O)[O-])c3)C2)cs1. The maximum atomic E-state index is 13.6. The van der Waals surface area contributed by atoms with Crippen LogP contribution in [0, 0.1) is 22.9 Å². The maximum absolute atomic E-state index is 13.6. The van der Waals surface area contributed by atoms with Crippen LogP contribution in [-0.4, -0.2) is 41.8 Å². The molecule has 11 heteroatoms. The molecule has 1 aliphatic rings. The Morgan fingerprint density at radius 2 is 2.23 bits per heavy atom. The number of hydrogen-bond acceptors (Lipinski definition) is 7. The number of nitro groups is 1. The Morgan fingerprint density at radius 3 is 2.88 bits per heavy atom. The van der Waals surface area contributed by atoms with Gasteiger partial charge in [-0.3, -0.25) is 10.1 Å². The van der Waals surface area contributed by atoms with Crippen LogP contribution in [0.5, 0.6) is 0 Å². The Labute approximate surface area is 153 Å². The molecular formula is C15H16FN3O5S2. The highest BCUT2D eigenvalue weighted by Crippen LogP contribution is 2.26. The molecule has 2 heterocycles. The average molecular weight is 401 g/mol. The number of halogens is 1. The lowest BCUT2D eigenvalue weighted by molar-refractivity contribution is -0.385. The lowest BCUT2D eigenvalue weighted by Crippen LogP contribution is -2.30. The molecule has 1 fully saturated rings. The van der Waals surface area contributed by atoms with Crippen LogP contribution in [0.15, 0.2) is 28.5 Å². The van der Waals surface area contributed by atoms with Gasteiger partial charge >= 0.3 is 0 Å². The second-order valence-electron chi connectivity index (χ2n) is 5.84. The van der Waals surface area contributed by atoms with Crippen LogP contribution in [-0.2, 0) is 21.4 Å². The van der Waals surface area contributed by atoms with Crippen molar-refractivity contribution < 1.29 is 22.5 Å². The van der Waals surface area contributed by atoms with E-state index < -0.39 is 31.3 Å². The number of non-ortho nitro benzene ring substituents is 1. The van der Waals surface area contributed by atoms with Crippen molar-refractivity contribution in [3.63, 3.8) is 0 Å². The van der Waals surface area contributed by atoms with E-state index in [1.165, 1.54) is 11.3 Å². The summed E-state index contributed by atoms with van der Waals surface area (Å²) in [5.74, 6) is -0.969. The number of ether oxygens (including phenoxy) is 1. The highest BCUT2D eigenvalue weighted by atomic mass is 32.2. The third kappa shape index (κ3) is 4.06. The van der Waals surface area contributed by atoms with E-state index in [1.807, 2.05) is 12.3 Å². The molecule has 0 N–H and O–H groups in total. The van der Waals surface area contributed by atoms with Gasteiger partial charge in [0.2, 0.25) is 10.0 Å². The first-order valence-corrected chi connectivity index (χ1v) is 10.1. The molecule has 26 heavy (non-hydrogen) atoms. The van der Waals surface area contributed by atoms with Crippen molar-refractivity contribution in [2.45, 2.75) is 31.0 Å². The Hall–Kier alpha value is -1.95. The molecule has 0 unspecified atom stereocenters. The van der Waals surface area contributed by atoms with Gasteiger partial charge < -0.3 is 4.74 Å². The normalized spacial score (nSPS) is 18.3. The number of benzene rings is 1. The fraction of sp³-hybridized carbons (Fsp3) is 0.400. The zero-order valence-electron chi connectivity index (χ0n) is 13.8. The van der Waals surface area contributed by atoms with Crippen molar-refractivity contribution in [1.29, 1.82) is 0 Å². The minimum absolute atomic E-state index is 0.107. The number of aryl methyl sites for hydroxylation is 1. The standard InChI is InChI=1S/C15H16FN3O5S2/c1-10-17-12(9-25-10)8-24-14-2-3-18(7-14)26(22,23)15-5-11(16)4-13(6-15)19(20)21/h4-6,9,14H,2-3,7-8H2,1H3/t14-/m0/s1. The Balaban J connectivity index is 1.70. The van der Waals surface area contributed by atoms with Crippen molar-refractivity contribution in [3.05, 3.63) is 50.2 Å². The molecule has 0 amide bonds. The molecule has 0 spiro atoms. The van der Waals surface area contributed by atoms with Crippen LogP contribution in [0.4, 0.5) is 10.1 Å². The highest BCUT2D eigenvalue weighted by Gasteiger charge is 2.34. The largest absolute Gasteiger partial charge is 0.370 e. The van der Waals surface area contributed by atoms with Gasteiger partial charge in [-0.15, -0.1) is 11.3 Å². The van der Waals surface area contributed by atoms with Crippen LogP contribution in [0.1, 0.15) is 17.1 Å². The summed E-state index contributed by atoms with van der Waals surface area (Å²) in [7, 11) is -4.03. The molecule has 1 atom stereocenters. The molecule has 8 nitrogen and oxygen atoms in total. The number of hydrogen-bond donors (Lipinski definition) is 0. The van der Waals surface area contributed by atoms with Gasteiger partial charge in [0, 0.05) is 24.5 Å². The molecule has 2 aromatic rings. The van der Waals surface area contributed by atoms with Crippen molar-refractivity contribution >= 4 is 27.0 Å². The second kappa shape index (κ2) is 7.35. The van der Waals surface area contributed by atoms with E-state index in [9.17, 15) is 22.9 Å². The zero-order valence-corrected chi connectivity index (χ0v) is 15.4. The third-order valence-corrected chi connectivity index (χ3v) is 6.61. The van der Waals surface area contributed by atoms with Crippen LogP contribution >= 0.6 is 11.3 Å². The summed E-state index contributed by atoms with van der Waals surface area (Å²) < 4.78 is 45.7. The second-order valence-corrected chi connectivity index (χ2v) is 8.85. The Kier molecular flexibility index (Phi) is 5.32. The molecule has 0 aliphatic carbocycles. The first-order valence-electron chi connectivity index (χ1n) is 7.73. The van der Waals surface area contributed by atoms with Gasteiger partial charge in [0.15, 0.2) is 0 Å². The summed E-state index contributed by atoms with van der Waals surface area (Å²) in [6, 6.07) is 2.34. The predicted molar refractivity (Wildman–Crippen MR) is 91.9 cm³/mol. The summed E-state index contributed by atoms with van der Waals surface area (Å²) >= 11 is 1.51. The Bertz CT molecular complexity index is 931. The number of thiazole rings is 1. The van der Waals surface area contributed by atoms with Gasteiger partial charge in [-0.1, -0.05) is 0 Å². The molecule has 3 rings (SSSR count). The summed E-state index contributed by atoms with van der Waals surface area (Å²) in [5, 5.41) is 13.6. The van der Waals surface area contributed by atoms with Gasteiger partial charge in [-0.25, -0.2) is 17.8 Å². The minimum Gasteiger partial charge on any atom is -0.370 e. The zero-order chi connectivity index (χ0) is 18.9. The van der Waals surface area contributed by atoms with E-state index in [1.54, 1.807) is 0 Å². The fourth-order valence-electron chi connectivity index (χ4n) is 2.68. The van der Waals surface area contributed by atoms with Crippen molar-refractivity contribution in [3.8, 4) is 0 Å². The molecule has 0 saturated carbocycles. The van der Waals surface area contributed by atoms with Crippen LogP contribution in [0.25, 0.3) is 0 Å². The molecule has 1 aliphatic heterocycles. The Morgan fingerprint density at radius 1 is 1.46 bits per heavy atom. The van der Waals surface area contributed by atoms with E-state index in [0.717, 1.165) is 27.1 Å². The minimum atomic E-state index is -4.03. The monoisotopic (exact) mass is 401 g/mol. The predicted octanol–water partition coefficient (Wildman–Crippen LogP) is 2.48. The van der Waals surface area contributed by atoms with E-state index in [-0.39, 0.29) is 25.8 Å². The number of nitro benzene ring substituents is 1. The van der Waals surface area contributed by atoms with E-state index in [4.69, 9.17) is 4.74 Å². The van der Waals surface area contributed by atoms with E-state index in [0.29, 0.717) is 12.5 Å². The molecule has 0 bridgehead atoms. The maximum Gasteiger partial charge on any atom is 0.273 e. The number of rotatable bonds is 6. The van der Waals surface area contributed by atoms with Gasteiger partial charge in [-0.2, -0.15) is 4.31 Å². The summed E-state index contributed by atoms with van der Waals surface area (Å²) in [6.07, 6.45) is 0.176. The van der Waals surface area contributed by atoms with Crippen LogP contribution < -0.4 is 0 Å². The average Bonchev–Trinajstić information content (AvgIpc) is 3.21. The first-order chi connectivity index (χ1) is 12.3. The van der Waals surface area contributed by atoms with Crippen molar-refractivity contribution in [1.82, 2.24) is 9.29 Å². The molecular weight excluding hydrogens is 385 g/mol. The summed E-state index contributed by atoms with van der Waals surface area (Å²) in [5.41, 5.74) is 0.184. The van der Waals surface area contributed by atoms with Gasteiger partial charge in [0.25, 0.3) is 5.69 Å². The lowest BCUT2D eigenvalue weighted by Gasteiger charge is -2.16. The highest BCUT2D eigenvalue weighted by molar-refractivity contribution is 7.89. The molecule has 0 radical (unpaired) electrons.